The summed E-state index contributed by atoms with van der Waals surface area (Å²) in [6.07, 6.45) is -5.88. The Morgan fingerprint density at radius 3 is 2.53 bits per heavy atom. The van der Waals surface area contributed by atoms with E-state index in [1.54, 1.807) is 11.5 Å². The number of hydrogen-bond donors (Lipinski definition) is 2. The molecule has 0 saturated carbocycles. The first-order chi connectivity index (χ1) is 14.1. The number of halogens is 6. The third-order valence-electron chi connectivity index (χ3n) is 4.07. The summed E-state index contributed by atoms with van der Waals surface area (Å²) < 4.78 is 67.3. The predicted molar refractivity (Wildman–Crippen MR) is 94.8 cm³/mol. The number of alkyl halides is 5. The average Bonchev–Trinajstić information content (AvgIpc) is 3.39. The Balaban J connectivity index is 1.85. The molecule has 1 aliphatic rings. The van der Waals surface area contributed by atoms with Crippen LogP contribution >= 0.6 is 11.6 Å². The number of nitrogens with zero attached hydrogens (tertiary/aromatic N) is 4. The van der Waals surface area contributed by atoms with Crippen LogP contribution in [0.2, 0.25) is 5.02 Å². The van der Waals surface area contributed by atoms with Crippen LogP contribution in [0.3, 0.4) is 0 Å². The minimum Gasteiger partial charge on any atom is -0.331 e. The summed E-state index contributed by atoms with van der Waals surface area (Å²) in [5, 5.41) is 14.7. The fourth-order valence-electron chi connectivity index (χ4n) is 2.56. The first kappa shape index (κ1) is 21.5. The summed E-state index contributed by atoms with van der Waals surface area (Å²) in [7, 11) is 0. The molecule has 0 bridgehead atoms. The number of nitriles is 1. The van der Waals surface area contributed by atoms with Crippen molar-refractivity contribution in [3.05, 3.63) is 59.4 Å². The van der Waals surface area contributed by atoms with Crippen LogP contribution in [0.5, 0.6) is 0 Å². The van der Waals surface area contributed by atoms with Crippen molar-refractivity contribution >= 4 is 23.2 Å². The average molecular weight is 447 g/mol. The largest absolute Gasteiger partial charge is 0.456 e. The molecule has 1 fully saturated rings. The van der Waals surface area contributed by atoms with Gasteiger partial charge in [-0.2, -0.15) is 32.2 Å². The number of benzene rings is 1. The second-order valence-corrected chi connectivity index (χ2v) is 6.51. The van der Waals surface area contributed by atoms with Crippen LogP contribution in [0.1, 0.15) is 10.4 Å². The molecule has 2 N–H and O–H groups in total. The number of nitrogens with one attached hydrogen (secondary N) is 2. The summed E-state index contributed by atoms with van der Waals surface area (Å²) in [6, 6.07) is 8.01. The fourth-order valence-corrected chi connectivity index (χ4v) is 2.75. The van der Waals surface area contributed by atoms with Crippen molar-refractivity contribution in [2.45, 2.75) is 24.6 Å². The van der Waals surface area contributed by atoms with Crippen LogP contribution in [-0.4, -0.2) is 40.5 Å². The van der Waals surface area contributed by atoms with Crippen LogP contribution in [-0.2, 0) is 0 Å². The summed E-state index contributed by atoms with van der Waals surface area (Å²) in [5.41, 5.74) is 0.0520. The van der Waals surface area contributed by atoms with Gasteiger partial charge >= 0.3 is 12.1 Å². The van der Waals surface area contributed by atoms with Gasteiger partial charge in [0.25, 0.3) is 5.91 Å². The Bertz CT molecular complexity index is 967. The molecule has 0 aliphatic carbocycles. The fraction of sp³-hybridized carbons (Fsp3) is 0.235. The molecule has 1 aliphatic heterocycles. The molecule has 2 unspecified atom stereocenters. The molecule has 1 aromatic heterocycles. The van der Waals surface area contributed by atoms with Crippen LogP contribution in [0.4, 0.5) is 27.6 Å². The predicted octanol–water partition coefficient (Wildman–Crippen LogP) is 3.08. The normalized spacial score (nSPS) is 17.3. The summed E-state index contributed by atoms with van der Waals surface area (Å²) in [6.45, 7) is 0. The highest BCUT2D eigenvalue weighted by Gasteiger charge is 2.65. The van der Waals surface area contributed by atoms with Crippen molar-refractivity contribution in [1.82, 2.24) is 20.6 Å². The van der Waals surface area contributed by atoms with E-state index < -0.39 is 30.5 Å². The number of aromatic nitrogens is 1. The van der Waals surface area contributed by atoms with Crippen LogP contribution in [0, 0.1) is 11.5 Å². The molecule has 2 atom stereocenters. The zero-order valence-corrected chi connectivity index (χ0v) is 15.5. The zero-order valence-electron chi connectivity index (χ0n) is 14.7. The van der Waals surface area contributed by atoms with Crippen molar-refractivity contribution in [2.24, 2.45) is 0 Å². The lowest BCUT2D eigenvalue weighted by Gasteiger charge is -2.29. The van der Waals surface area contributed by atoms with E-state index in [-0.39, 0.29) is 16.3 Å². The molecular formula is C17H12ClF5N6O. The molecule has 158 valence electrons. The molecule has 1 amide bonds. The molecule has 3 rings (SSSR count). The van der Waals surface area contributed by atoms with E-state index in [4.69, 9.17) is 16.9 Å². The Morgan fingerprint density at radius 2 is 1.97 bits per heavy atom. The highest BCUT2D eigenvalue weighted by Crippen LogP contribution is 2.39. The van der Waals surface area contributed by atoms with Crippen molar-refractivity contribution in [2.75, 3.05) is 5.01 Å². The number of hydrazine groups is 1. The summed E-state index contributed by atoms with van der Waals surface area (Å²) in [4.78, 5) is 16.1. The number of rotatable bonds is 6. The van der Waals surface area contributed by atoms with Gasteiger partial charge in [0.2, 0.25) is 12.5 Å². The van der Waals surface area contributed by atoms with E-state index in [9.17, 15) is 26.7 Å². The second-order valence-electron chi connectivity index (χ2n) is 6.08. The number of carbonyl (C=O) groups is 1. The van der Waals surface area contributed by atoms with Crippen LogP contribution < -0.4 is 15.6 Å². The summed E-state index contributed by atoms with van der Waals surface area (Å²) >= 11 is 5.73. The van der Waals surface area contributed by atoms with Gasteiger partial charge in [-0.25, -0.2) is 5.01 Å². The zero-order chi connectivity index (χ0) is 22.1. The molecule has 0 spiro atoms. The molecule has 7 nitrogen and oxygen atoms in total. The smallest absolute Gasteiger partial charge is 0.331 e. The Labute approximate surface area is 171 Å². The molecular weight excluding hydrogens is 435 g/mol. The van der Waals surface area contributed by atoms with Gasteiger partial charge in [0, 0.05) is 16.8 Å². The Kier molecular flexibility index (Phi) is 5.69. The molecule has 13 heteroatoms. The number of pyridine rings is 1. The van der Waals surface area contributed by atoms with E-state index in [1.807, 2.05) is 5.32 Å². The van der Waals surface area contributed by atoms with Gasteiger partial charge in [-0.3, -0.25) is 15.1 Å². The maximum absolute atomic E-state index is 14.1. The first-order valence-electron chi connectivity index (χ1n) is 8.21. The standard InChI is InChI=1S/C17H12ClF5N6O/c18-11-4-1-3-10(7-11)13(30)26-14(16(19,20)17(21,22)23)27-15-28(9-24)29(15)12-5-2-6-25-8-12/h1-8,14-15,27H,(H,26,30). The van der Waals surface area contributed by atoms with Crippen molar-refractivity contribution in [3.8, 4) is 6.19 Å². The van der Waals surface area contributed by atoms with E-state index in [0.29, 0.717) is 0 Å². The minimum atomic E-state index is -5.97. The lowest BCUT2D eigenvalue weighted by molar-refractivity contribution is -0.295. The van der Waals surface area contributed by atoms with Gasteiger partial charge < -0.3 is 5.32 Å². The van der Waals surface area contributed by atoms with Gasteiger partial charge in [0.15, 0.2) is 6.17 Å². The van der Waals surface area contributed by atoms with Gasteiger partial charge in [-0.05, 0) is 30.3 Å². The molecule has 0 radical (unpaired) electrons. The summed E-state index contributed by atoms with van der Waals surface area (Å²) in [5.74, 6) is -6.57. The van der Waals surface area contributed by atoms with Gasteiger partial charge in [0.1, 0.15) is 0 Å². The minimum absolute atomic E-state index is 0.0929. The third-order valence-corrected chi connectivity index (χ3v) is 4.31. The van der Waals surface area contributed by atoms with Gasteiger partial charge in [-0.15, -0.1) is 0 Å². The van der Waals surface area contributed by atoms with Crippen molar-refractivity contribution < 1.29 is 26.7 Å². The van der Waals surface area contributed by atoms with Crippen molar-refractivity contribution in [1.29, 1.82) is 5.26 Å². The first-order valence-corrected chi connectivity index (χ1v) is 8.59. The highest BCUT2D eigenvalue weighted by atomic mass is 35.5. The highest BCUT2D eigenvalue weighted by molar-refractivity contribution is 6.30. The molecule has 1 saturated heterocycles. The Morgan fingerprint density at radius 1 is 1.23 bits per heavy atom. The number of hydrogen-bond acceptors (Lipinski definition) is 6. The number of amides is 1. The monoisotopic (exact) mass is 446 g/mol. The van der Waals surface area contributed by atoms with Gasteiger partial charge in [0.05, 0.1) is 11.9 Å². The van der Waals surface area contributed by atoms with E-state index >= 15 is 0 Å². The number of anilines is 1. The lowest BCUT2D eigenvalue weighted by Crippen LogP contribution is -2.63. The van der Waals surface area contributed by atoms with Crippen LogP contribution in [0.15, 0.2) is 48.8 Å². The van der Waals surface area contributed by atoms with Crippen LogP contribution in [0.25, 0.3) is 0 Å². The maximum Gasteiger partial charge on any atom is 0.456 e. The third kappa shape index (κ3) is 4.22. The second kappa shape index (κ2) is 7.92. The van der Waals surface area contributed by atoms with E-state index in [1.165, 1.54) is 42.7 Å². The molecule has 2 heterocycles. The topological polar surface area (TPSA) is 83.8 Å². The van der Waals surface area contributed by atoms with E-state index in [0.717, 1.165) is 16.1 Å². The Hall–Kier alpha value is -3.17. The molecule has 1 aromatic carbocycles. The molecule has 30 heavy (non-hydrogen) atoms. The lowest BCUT2D eigenvalue weighted by atomic mass is 10.2. The molecule has 2 aromatic rings. The quantitative estimate of drug-likeness (QED) is 0.307. The SMILES string of the molecule is N#CN1C(NC(NC(=O)c2cccc(Cl)c2)C(F)(F)C(F)(F)F)N1c1cccnc1. The maximum atomic E-state index is 14.1. The van der Waals surface area contributed by atoms with Crippen molar-refractivity contribution in [3.63, 3.8) is 0 Å². The van der Waals surface area contributed by atoms with Gasteiger partial charge in [-0.1, -0.05) is 17.7 Å². The van der Waals surface area contributed by atoms with E-state index in [2.05, 4.69) is 4.98 Å². The number of carbonyl (C=O) groups excluding carboxylic acids is 1.